The number of aryl methyl sites for hydroxylation is 2. The molecule has 2 rings (SSSR count). The largest absolute Gasteiger partial charge is 0.334 e. The topological polar surface area (TPSA) is 74.0 Å². The summed E-state index contributed by atoms with van der Waals surface area (Å²) in [6, 6.07) is 5.51. The van der Waals surface area contributed by atoms with Gasteiger partial charge in [-0.15, -0.1) is 11.3 Å². The molecule has 0 aliphatic rings. The number of thiophene rings is 1. The van der Waals surface area contributed by atoms with Crippen molar-refractivity contribution in [2.45, 2.75) is 26.9 Å². The van der Waals surface area contributed by atoms with E-state index in [1.54, 1.807) is 11.3 Å². The van der Waals surface area contributed by atoms with Gasteiger partial charge in [0.2, 0.25) is 0 Å². The van der Waals surface area contributed by atoms with Crippen LogP contribution in [0.5, 0.6) is 0 Å². The SMILES string of the molecule is Cc1cc(C)c(CNC(=O)NCc2cccs2)c(=O)[nH]1. The smallest absolute Gasteiger partial charge is 0.315 e. The first-order valence-electron chi connectivity index (χ1n) is 6.29. The lowest BCUT2D eigenvalue weighted by Crippen LogP contribution is -2.36. The van der Waals surface area contributed by atoms with Crippen LogP contribution in [0.4, 0.5) is 4.79 Å². The number of pyridine rings is 1. The summed E-state index contributed by atoms with van der Waals surface area (Å²) in [5.41, 5.74) is 2.13. The Hall–Kier alpha value is -2.08. The van der Waals surface area contributed by atoms with Gasteiger partial charge in [-0.25, -0.2) is 4.79 Å². The minimum Gasteiger partial charge on any atom is -0.334 e. The van der Waals surface area contributed by atoms with E-state index in [1.165, 1.54) is 0 Å². The van der Waals surface area contributed by atoms with Crippen LogP contribution >= 0.6 is 11.3 Å². The summed E-state index contributed by atoms with van der Waals surface area (Å²) in [5.74, 6) is 0. The molecule has 0 aliphatic heterocycles. The van der Waals surface area contributed by atoms with E-state index < -0.39 is 0 Å². The lowest BCUT2D eigenvalue weighted by atomic mass is 10.1. The number of hydrogen-bond donors (Lipinski definition) is 3. The summed E-state index contributed by atoms with van der Waals surface area (Å²) >= 11 is 1.59. The molecular formula is C14H17N3O2S. The predicted molar refractivity (Wildman–Crippen MR) is 79.9 cm³/mol. The Morgan fingerprint density at radius 3 is 2.70 bits per heavy atom. The average Bonchev–Trinajstić information content (AvgIpc) is 2.88. The Labute approximate surface area is 121 Å². The number of nitrogens with one attached hydrogen (secondary N) is 3. The van der Waals surface area contributed by atoms with Crippen molar-refractivity contribution in [1.29, 1.82) is 0 Å². The minimum absolute atomic E-state index is 0.152. The molecular weight excluding hydrogens is 274 g/mol. The maximum atomic E-state index is 11.8. The van der Waals surface area contributed by atoms with Crippen molar-refractivity contribution in [1.82, 2.24) is 15.6 Å². The Bertz CT molecular complexity index is 647. The molecule has 3 N–H and O–H groups in total. The third-order valence-electron chi connectivity index (χ3n) is 2.92. The van der Waals surface area contributed by atoms with E-state index in [0.29, 0.717) is 12.1 Å². The van der Waals surface area contributed by atoms with Gasteiger partial charge in [-0.1, -0.05) is 6.07 Å². The zero-order chi connectivity index (χ0) is 14.5. The number of carbonyl (C=O) groups is 1. The minimum atomic E-state index is -0.280. The van der Waals surface area contributed by atoms with E-state index in [0.717, 1.165) is 16.1 Å². The van der Waals surface area contributed by atoms with Gasteiger partial charge in [0.1, 0.15) is 0 Å². The van der Waals surface area contributed by atoms with Crippen LogP contribution in [-0.2, 0) is 13.1 Å². The molecule has 0 saturated carbocycles. The van der Waals surface area contributed by atoms with Gasteiger partial charge in [0.25, 0.3) is 5.56 Å². The molecule has 2 heterocycles. The van der Waals surface area contributed by atoms with Crippen molar-refractivity contribution in [3.8, 4) is 0 Å². The highest BCUT2D eigenvalue weighted by molar-refractivity contribution is 7.09. The molecule has 0 radical (unpaired) electrons. The molecule has 2 aromatic rings. The fourth-order valence-electron chi connectivity index (χ4n) is 1.91. The first kappa shape index (κ1) is 14.3. The molecule has 0 spiro atoms. The Kier molecular flexibility index (Phi) is 4.57. The number of urea groups is 1. The first-order chi connectivity index (χ1) is 9.56. The van der Waals surface area contributed by atoms with Gasteiger partial charge in [-0.2, -0.15) is 0 Å². The number of carbonyl (C=O) groups excluding carboxylic acids is 1. The summed E-state index contributed by atoms with van der Waals surface area (Å²) < 4.78 is 0. The highest BCUT2D eigenvalue weighted by Crippen LogP contribution is 2.07. The molecule has 20 heavy (non-hydrogen) atoms. The zero-order valence-corrected chi connectivity index (χ0v) is 12.3. The molecule has 2 amide bonds. The fraction of sp³-hybridized carbons (Fsp3) is 0.286. The Balaban J connectivity index is 1.89. The van der Waals surface area contributed by atoms with Crippen LogP contribution in [-0.4, -0.2) is 11.0 Å². The molecule has 0 bridgehead atoms. The number of aromatic amines is 1. The molecule has 0 unspecified atom stereocenters. The number of hydrogen-bond acceptors (Lipinski definition) is 3. The van der Waals surface area contributed by atoms with E-state index in [-0.39, 0.29) is 18.1 Å². The van der Waals surface area contributed by atoms with Crippen LogP contribution in [0.3, 0.4) is 0 Å². The van der Waals surface area contributed by atoms with E-state index in [9.17, 15) is 9.59 Å². The van der Waals surface area contributed by atoms with Gasteiger partial charge in [0.15, 0.2) is 0 Å². The van der Waals surface area contributed by atoms with Crippen molar-refractivity contribution in [3.63, 3.8) is 0 Å². The third-order valence-corrected chi connectivity index (χ3v) is 3.80. The zero-order valence-electron chi connectivity index (χ0n) is 11.4. The second kappa shape index (κ2) is 6.38. The van der Waals surface area contributed by atoms with E-state index in [1.807, 2.05) is 37.4 Å². The summed E-state index contributed by atoms with van der Waals surface area (Å²) in [7, 11) is 0. The lowest BCUT2D eigenvalue weighted by Gasteiger charge is -2.09. The molecule has 6 heteroatoms. The molecule has 2 aromatic heterocycles. The standard InChI is InChI=1S/C14H17N3O2S/c1-9-6-10(2)17-13(18)12(9)8-16-14(19)15-7-11-4-3-5-20-11/h3-6H,7-8H2,1-2H3,(H,17,18)(H2,15,16,19). The summed E-state index contributed by atoms with van der Waals surface area (Å²) in [5, 5.41) is 7.41. The highest BCUT2D eigenvalue weighted by Gasteiger charge is 2.07. The summed E-state index contributed by atoms with van der Waals surface area (Å²) in [6.07, 6.45) is 0. The van der Waals surface area contributed by atoms with Crippen LogP contribution in [0.25, 0.3) is 0 Å². The molecule has 0 aromatic carbocycles. The third kappa shape index (κ3) is 3.71. The quantitative estimate of drug-likeness (QED) is 0.806. The maximum Gasteiger partial charge on any atom is 0.315 e. The van der Waals surface area contributed by atoms with Crippen LogP contribution in [0.1, 0.15) is 21.7 Å². The summed E-state index contributed by atoms with van der Waals surface area (Å²) in [6.45, 7) is 4.41. The van der Waals surface area contributed by atoms with Gasteiger partial charge in [0.05, 0.1) is 13.1 Å². The van der Waals surface area contributed by atoms with Crippen LogP contribution in [0.2, 0.25) is 0 Å². The number of H-pyrrole nitrogens is 1. The molecule has 0 fully saturated rings. The van der Waals surface area contributed by atoms with E-state index in [2.05, 4.69) is 15.6 Å². The predicted octanol–water partition coefficient (Wildman–Crippen LogP) is 2.05. The normalized spacial score (nSPS) is 10.3. The van der Waals surface area contributed by atoms with Gasteiger partial charge < -0.3 is 15.6 Å². The Morgan fingerprint density at radius 1 is 1.30 bits per heavy atom. The molecule has 5 nitrogen and oxygen atoms in total. The van der Waals surface area contributed by atoms with Gasteiger partial charge in [-0.3, -0.25) is 4.79 Å². The van der Waals surface area contributed by atoms with E-state index in [4.69, 9.17) is 0 Å². The van der Waals surface area contributed by atoms with Crippen LogP contribution in [0.15, 0.2) is 28.4 Å². The number of amides is 2. The van der Waals surface area contributed by atoms with Crippen molar-refractivity contribution in [3.05, 3.63) is 55.6 Å². The monoisotopic (exact) mass is 291 g/mol. The maximum absolute atomic E-state index is 11.8. The molecule has 0 saturated heterocycles. The molecule has 0 atom stereocenters. The van der Waals surface area contributed by atoms with E-state index >= 15 is 0 Å². The van der Waals surface area contributed by atoms with Crippen molar-refractivity contribution >= 4 is 17.4 Å². The van der Waals surface area contributed by atoms with Crippen molar-refractivity contribution in [2.24, 2.45) is 0 Å². The van der Waals surface area contributed by atoms with Crippen LogP contribution in [0, 0.1) is 13.8 Å². The van der Waals surface area contributed by atoms with Gasteiger partial charge in [-0.05, 0) is 36.9 Å². The fourth-order valence-corrected chi connectivity index (χ4v) is 2.56. The highest BCUT2D eigenvalue weighted by atomic mass is 32.1. The molecule has 106 valence electrons. The van der Waals surface area contributed by atoms with Gasteiger partial charge in [0, 0.05) is 16.1 Å². The number of aromatic nitrogens is 1. The van der Waals surface area contributed by atoms with Crippen molar-refractivity contribution < 1.29 is 4.79 Å². The number of rotatable bonds is 4. The lowest BCUT2D eigenvalue weighted by molar-refractivity contribution is 0.240. The first-order valence-corrected chi connectivity index (χ1v) is 7.17. The second-order valence-electron chi connectivity index (χ2n) is 4.56. The second-order valence-corrected chi connectivity index (χ2v) is 5.59. The summed E-state index contributed by atoms with van der Waals surface area (Å²) in [4.78, 5) is 27.3. The van der Waals surface area contributed by atoms with Crippen molar-refractivity contribution in [2.75, 3.05) is 0 Å². The van der Waals surface area contributed by atoms with Crippen LogP contribution < -0.4 is 16.2 Å². The molecule has 0 aliphatic carbocycles. The van der Waals surface area contributed by atoms with Gasteiger partial charge >= 0.3 is 6.03 Å². The Morgan fingerprint density at radius 2 is 2.05 bits per heavy atom. The average molecular weight is 291 g/mol.